The normalized spacial score (nSPS) is 19.3. The fraction of sp³-hybridized carbons (Fsp3) is 0.583. The minimum Gasteiger partial charge on any atom is -0.483 e. The van der Waals surface area contributed by atoms with Gasteiger partial charge >= 0.3 is 0 Å². The molecule has 1 fully saturated rings. The van der Waals surface area contributed by atoms with E-state index in [4.69, 9.17) is 4.74 Å². The van der Waals surface area contributed by atoms with Gasteiger partial charge < -0.3 is 4.74 Å². The predicted molar refractivity (Wildman–Crippen MR) is 108 cm³/mol. The highest BCUT2D eigenvalue weighted by Gasteiger charge is 2.40. The van der Waals surface area contributed by atoms with Crippen molar-refractivity contribution in [1.82, 2.24) is 0 Å². The maximum Gasteiger partial charge on any atom is 0.228 e. The molecule has 3 nitrogen and oxygen atoms in total. The van der Waals surface area contributed by atoms with E-state index < -0.39 is 5.60 Å². The van der Waals surface area contributed by atoms with Gasteiger partial charge in [0.25, 0.3) is 0 Å². The molecule has 0 amide bonds. The third kappa shape index (κ3) is 4.34. The van der Waals surface area contributed by atoms with Crippen molar-refractivity contribution in [2.24, 2.45) is 11.3 Å². The molecule has 2 aliphatic rings. The monoisotopic (exact) mass is 368 g/mol. The van der Waals surface area contributed by atoms with Crippen LogP contribution in [0.25, 0.3) is 0 Å². The van der Waals surface area contributed by atoms with Crippen LogP contribution in [0.15, 0.2) is 35.6 Å². The molecule has 0 atom stereocenters. The van der Waals surface area contributed by atoms with Crippen LogP contribution in [0.3, 0.4) is 0 Å². The van der Waals surface area contributed by atoms with Crippen molar-refractivity contribution in [2.45, 2.75) is 78.7 Å². The Morgan fingerprint density at radius 2 is 1.44 bits per heavy atom. The number of hydrogen-bond acceptors (Lipinski definition) is 3. The lowest BCUT2D eigenvalue weighted by atomic mass is 9.76. The number of ether oxygens (including phenoxy) is 1. The zero-order valence-electron chi connectivity index (χ0n) is 17.4. The number of hydrogen-bond donors (Lipinski definition) is 0. The third-order valence-electron chi connectivity index (χ3n) is 5.46. The summed E-state index contributed by atoms with van der Waals surface area (Å²) < 4.78 is 6.37. The molecule has 0 saturated heterocycles. The Labute approximate surface area is 163 Å². The van der Waals surface area contributed by atoms with E-state index in [-0.39, 0.29) is 22.9 Å². The first-order valence-electron chi connectivity index (χ1n) is 10.2. The average Bonchev–Trinajstić information content (AvgIpc) is 2.58. The quantitative estimate of drug-likeness (QED) is 0.642. The summed E-state index contributed by atoms with van der Waals surface area (Å²) in [7, 11) is 0. The number of Topliss-reactive ketones (excluding diaryl/α,β-unsaturated/α-hetero) is 2. The number of allylic oxidation sites excluding steroid dienone is 2. The number of carbonyl (C=O) groups is 2. The van der Waals surface area contributed by atoms with Crippen LogP contribution in [0.2, 0.25) is 0 Å². The predicted octanol–water partition coefficient (Wildman–Crippen LogP) is 6.13. The molecule has 0 N–H and O–H groups in total. The molecule has 0 aliphatic heterocycles. The van der Waals surface area contributed by atoms with Gasteiger partial charge in [0, 0.05) is 16.7 Å². The summed E-state index contributed by atoms with van der Waals surface area (Å²) in [6, 6.07) is 7.16. The fourth-order valence-corrected chi connectivity index (χ4v) is 4.82. The van der Waals surface area contributed by atoms with Crippen molar-refractivity contribution in [1.29, 1.82) is 0 Å². The van der Waals surface area contributed by atoms with Crippen molar-refractivity contribution < 1.29 is 14.3 Å². The van der Waals surface area contributed by atoms with Crippen LogP contribution in [0, 0.1) is 11.3 Å². The molecule has 1 aromatic rings. The van der Waals surface area contributed by atoms with Gasteiger partial charge in [0.05, 0.1) is 0 Å². The van der Waals surface area contributed by atoms with Gasteiger partial charge in [-0.25, -0.2) is 0 Å². The van der Waals surface area contributed by atoms with E-state index >= 15 is 0 Å². The summed E-state index contributed by atoms with van der Waals surface area (Å²) in [6.07, 6.45) is 6.14. The van der Waals surface area contributed by atoms with Gasteiger partial charge in [-0.2, -0.15) is 0 Å². The second kappa shape index (κ2) is 7.26. The molecule has 0 spiro atoms. The molecule has 27 heavy (non-hydrogen) atoms. The molecular weight excluding hydrogens is 336 g/mol. The summed E-state index contributed by atoms with van der Waals surface area (Å²) in [6.45, 7) is 10.5. The Balaban J connectivity index is 2.06. The van der Waals surface area contributed by atoms with Crippen molar-refractivity contribution >= 4 is 11.6 Å². The lowest BCUT2D eigenvalue weighted by molar-refractivity contribution is -0.00183. The first-order chi connectivity index (χ1) is 12.6. The summed E-state index contributed by atoms with van der Waals surface area (Å²) in [5.74, 6) is 0.287. The Morgan fingerprint density at radius 1 is 0.889 bits per heavy atom. The summed E-state index contributed by atoms with van der Waals surface area (Å²) >= 11 is 0. The topological polar surface area (TPSA) is 43.4 Å². The van der Waals surface area contributed by atoms with Crippen LogP contribution in [-0.4, -0.2) is 17.2 Å². The van der Waals surface area contributed by atoms with Crippen LogP contribution in [0.1, 0.15) is 93.9 Å². The number of carbonyl (C=O) groups excluding carboxylic acids is 2. The Kier molecular flexibility index (Phi) is 5.33. The molecule has 0 unspecified atom stereocenters. The SMILES string of the molecule is CC(C)(C)CC(C)(C)OC1=C(C2CCCCC2)C(=O)c2ccccc2C1=O. The Hall–Kier alpha value is -1.90. The zero-order valence-corrected chi connectivity index (χ0v) is 17.4. The van der Waals surface area contributed by atoms with E-state index in [1.807, 2.05) is 26.0 Å². The van der Waals surface area contributed by atoms with Gasteiger partial charge in [-0.15, -0.1) is 0 Å². The summed E-state index contributed by atoms with van der Waals surface area (Å²) in [5, 5.41) is 0. The summed E-state index contributed by atoms with van der Waals surface area (Å²) in [5.41, 5.74) is 1.18. The molecule has 1 aromatic carbocycles. The van der Waals surface area contributed by atoms with Gasteiger partial charge in [0.2, 0.25) is 5.78 Å². The van der Waals surface area contributed by atoms with E-state index in [2.05, 4.69) is 20.8 Å². The molecule has 3 heteroatoms. The van der Waals surface area contributed by atoms with Gasteiger partial charge in [-0.1, -0.05) is 64.3 Å². The molecule has 0 bridgehead atoms. The number of fused-ring (bicyclic) bond motifs is 1. The Bertz CT molecular complexity index is 771. The van der Waals surface area contributed by atoms with Gasteiger partial charge in [-0.05, 0) is 44.4 Å². The van der Waals surface area contributed by atoms with Crippen LogP contribution < -0.4 is 0 Å². The standard InChI is InChI=1S/C24H32O3/c1-23(2,3)15-24(4,5)27-22-19(16-11-7-6-8-12-16)20(25)17-13-9-10-14-18(17)21(22)26/h9-10,13-14,16H,6-8,11-12,15H2,1-5H3. The molecule has 0 radical (unpaired) electrons. The fourth-order valence-electron chi connectivity index (χ4n) is 4.82. The van der Waals surface area contributed by atoms with Crippen LogP contribution in [0.4, 0.5) is 0 Å². The molecule has 0 aromatic heterocycles. The molecule has 1 saturated carbocycles. The minimum absolute atomic E-state index is 0.0151. The van der Waals surface area contributed by atoms with Gasteiger partial charge in [-0.3, -0.25) is 9.59 Å². The van der Waals surface area contributed by atoms with Crippen molar-refractivity contribution in [3.8, 4) is 0 Å². The van der Waals surface area contributed by atoms with Crippen molar-refractivity contribution in [3.63, 3.8) is 0 Å². The maximum atomic E-state index is 13.4. The molecule has 2 aliphatic carbocycles. The summed E-state index contributed by atoms with van der Waals surface area (Å²) in [4.78, 5) is 26.7. The highest BCUT2D eigenvalue weighted by atomic mass is 16.5. The molecular formula is C24H32O3. The highest BCUT2D eigenvalue weighted by molar-refractivity contribution is 6.26. The number of ketones is 2. The second-order valence-corrected chi connectivity index (χ2v) is 9.88. The van der Waals surface area contributed by atoms with Crippen LogP contribution in [-0.2, 0) is 4.74 Å². The average molecular weight is 369 g/mol. The molecule has 3 rings (SSSR count). The highest BCUT2D eigenvalue weighted by Crippen LogP contribution is 2.40. The first kappa shape index (κ1) is 19.9. The van der Waals surface area contributed by atoms with Crippen molar-refractivity contribution in [3.05, 3.63) is 46.7 Å². The van der Waals surface area contributed by atoms with E-state index in [0.29, 0.717) is 22.5 Å². The third-order valence-corrected chi connectivity index (χ3v) is 5.46. The second-order valence-electron chi connectivity index (χ2n) is 9.88. The molecule has 146 valence electrons. The van der Waals surface area contributed by atoms with Crippen LogP contribution >= 0.6 is 0 Å². The Morgan fingerprint density at radius 3 is 2.00 bits per heavy atom. The van der Waals surface area contributed by atoms with E-state index in [1.54, 1.807) is 12.1 Å². The molecule has 0 heterocycles. The minimum atomic E-state index is -0.518. The van der Waals surface area contributed by atoms with E-state index in [1.165, 1.54) is 6.42 Å². The van der Waals surface area contributed by atoms with Gasteiger partial charge in [0.1, 0.15) is 5.60 Å². The smallest absolute Gasteiger partial charge is 0.228 e. The van der Waals surface area contributed by atoms with E-state index in [9.17, 15) is 9.59 Å². The lowest BCUT2D eigenvalue weighted by Crippen LogP contribution is -2.35. The zero-order chi connectivity index (χ0) is 19.8. The van der Waals surface area contributed by atoms with E-state index in [0.717, 1.165) is 32.1 Å². The number of benzene rings is 1. The van der Waals surface area contributed by atoms with Crippen LogP contribution in [0.5, 0.6) is 0 Å². The first-order valence-corrected chi connectivity index (χ1v) is 10.2. The maximum absolute atomic E-state index is 13.4. The number of rotatable bonds is 4. The van der Waals surface area contributed by atoms with Gasteiger partial charge in [0.15, 0.2) is 11.5 Å². The lowest BCUT2D eigenvalue weighted by Gasteiger charge is -2.36. The largest absolute Gasteiger partial charge is 0.483 e. The van der Waals surface area contributed by atoms with Crippen molar-refractivity contribution in [2.75, 3.05) is 0 Å².